The van der Waals surface area contributed by atoms with Gasteiger partial charge in [-0.2, -0.15) is 0 Å². The molecule has 0 radical (unpaired) electrons. The van der Waals surface area contributed by atoms with Crippen LogP contribution < -0.4 is 14.2 Å². The van der Waals surface area contributed by atoms with E-state index < -0.39 is 17.7 Å². The van der Waals surface area contributed by atoms with Crippen LogP contribution in [-0.2, 0) is 16.1 Å². The summed E-state index contributed by atoms with van der Waals surface area (Å²) < 4.78 is 16.6. The molecule has 3 aromatic rings. The molecule has 37 heavy (non-hydrogen) atoms. The van der Waals surface area contributed by atoms with E-state index in [2.05, 4.69) is 13.8 Å². The van der Waals surface area contributed by atoms with E-state index in [1.54, 1.807) is 18.2 Å². The lowest BCUT2D eigenvalue weighted by molar-refractivity contribution is -0.140. The zero-order chi connectivity index (χ0) is 26.1. The van der Waals surface area contributed by atoms with Gasteiger partial charge in [0.1, 0.15) is 11.5 Å². The van der Waals surface area contributed by atoms with Gasteiger partial charge >= 0.3 is 0 Å². The van der Waals surface area contributed by atoms with E-state index in [4.69, 9.17) is 14.2 Å². The number of fused-ring (bicyclic) bond motifs is 1. The van der Waals surface area contributed by atoms with Crippen LogP contribution in [0.15, 0.2) is 72.3 Å². The molecule has 1 amide bonds. The maximum atomic E-state index is 13.3. The molecule has 0 aliphatic carbocycles. The summed E-state index contributed by atoms with van der Waals surface area (Å²) in [7, 11) is 0. The minimum atomic E-state index is -0.748. The van der Waals surface area contributed by atoms with E-state index in [0.29, 0.717) is 29.6 Å². The maximum absolute atomic E-state index is 13.3. The van der Waals surface area contributed by atoms with Crippen LogP contribution in [0.4, 0.5) is 0 Å². The fourth-order valence-electron chi connectivity index (χ4n) is 4.58. The van der Waals surface area contributed by atoms with Gasteiger partial charge in [0.05, 0.1) is 18.2 Å². The summed E-state index contributed by atoms with van der Waals surface area (Å²) in [4.78, 5) is 28.2. The second-order valence-electron chi connectivity index (χ2n) is 9.76. The number of amides is 1. The number of Topliss-reactive ketones (excluding diaryl/α,β-unsaturated/α-hetero) is 1. The third kappa shape index (κ3) is 4.89. The molecule has 5 rings (SSSR count). The number of benzene rings is 3. The average molecular weight is 500 g/mol. The summed E-state index contributed by atoms with van der Waals surface area (Å²) in [6.07, 6.45) is 0. The summed E-state index contributed by atoms with van der Waals surface area (Å²) in [5.74, 6) is 0.567. The van der Waals surface area contributed by atoms with Crippen molar-refractivity contribution in [3.8, 4) is 17.2 Å². The van der Waals surface area contributed by atoms with Crippen LogP contribution in [0.1, 0.15) is 42.1 Å². The van der Waals surface area contributed by atoms with E-state index in [9.17, 15) is 14.7 Å². The molecule has 1 N–H and O–H groups in total. The highest BCUT2D eigenvalue weighted by Gasteiger charge is 2.46. The van der Waals surface area contributed by atoms with Crippen LogP contribution in [0.5, 0.6) is 17.2 Å². The molecule has 7 nitrogen and oxygen atoms in total. The van der Waals surface area contributed by atoms with Crippen molar-refractivity contribution in [1.82, 2.24) is 4.90 Å². The third-order valence-electron chi connectivity index (χ3n) is 6.40. The summed E-state index contributed by atoms with van der Waals surface area (Å²) in [5, 5.41) is 11.3. The van der Waals surface area contributed by atoms with Crippen LogP contribution in [0.3, 0.4) is 0 Å². The Morgan fingerprint density at radius 3 is 2.51 bits per heavy atom. The van der Waals surface area contributed by atoms with Crippen LogP contribution in [0, 0.1) is 12.8 Å². The highest BCUT2D eigenvalue weighted by Crippen LogP contribution is 2.42. The van der Waals surface area contributed by atoms with E-state index in [-0.39, 0.29) is 24.7 Å². The lowest BCUT2D eigenvalue weighted by Crippen LogP contribution is -2.29. The number of rotatable bonds is 7. The Labute approximate surface area is 215 Å². The van der Waals surface area contributed by atoms with Crippen LogP contribution >= 0.6 is 0 Å². The van der Waals surface area contributed by atoms with Crippen LogP contribution in [0.25, 0.3) is 5.76 Å². The summed E-state index contributed by atoms with van der Waals surface area (Å²) in [5.41, 5.74) is 3.01. The maximum Gasteiger partial charge on any atom is 0.295 e. The van der Waals surface area contributed by atoms with Crippen molar-refractivity contribution in [2.24, 2.45) is 5.92 Å². The lowest BCUT2D eigenvalue weighted by Gasteiger charge is -2.26. The molecule has 0 aromatic heterocycles. The second kappa shape index (κ2) is 10.0. The summed E-state index contributed by atoms with van der Waals surface area (Å²) in [6.45, 7) is 7.02. The topological polar surface area (TPSA) is 85.3 Å². The van der Waals surface area contributed by atoms with Crippen LogP contribution in [0.2, 0.25) is 0 Å². The molecule has 3 aromatic carbocycles. The Hall–Kier alpha value is -4.26. The minimum Gasteiger partial charge on any atom is -0.507 e. The van der Waals surface area contributed by atoms with Gasteiger partial charge in [-0.25, -0.2) is 0 Å². The molecule has 2 aliphatic heterocycles. The Morgan fingerprint density at radius 1 is 1.03 bits per heavy atom. The minimum absolute atomic E-state index is 0.0475. The van der Waals surface area contributed by atoms with E-state index in [0.717, 1.165) is 22.4 Å². The molecule has 1 unspecified atom stereocenters. The zero-order valence-corrected chi connectivity index (χ0v) is 21.1. The molecule has 7 heteroatoms. The zero-order valence-electron chi connectivity index (χ0n) is 21.1. The normalized spacial score (nSPS) is 18.1. The highest BCUT2D eigenvalue weighted by atomic mass is 16.7. The average Bonchev–Trinajstić information content (AvgIpc) is 3.45. The fourth-order valence-corrected chi connectivity index (χ4v) is 4.58. The quantitative estimate of drug-likeness (QED) is 0.267. The molecule has 1 fully saturated rings. The molecule has 0 saturated carbocycles. The first kappa shape index (κ1) is 24.4. The SMILES string of the molecule is Cc1cccc(C2/C(=C(/O)c3ccc4c(c3)OCO4)C(=O)C(=O)N2Cc2ccc(OCC(C)C)cc2)c1. The Bertz CT molecular complexity index is 1380. The number of likely N-dealkylation sites (tertiary alicyclic amines) is 1. The largest absolute Gasteiger partial charge is 0.507 e. The van der Waals surface area contributed by atoms with Gasteiger partial charge < -0.3 is 24.2 Å². The predicted octanol–water partition coefficient (Wildman–Crippen LogP) is 5.38. The van der Waals surface area contributed by atoms with Crippen molar-refractivity contribution in [1.29, 1.82) is 0 Å². The smallest absolute Gasteiger partial charge is 0.295 e. The van der Waals surface area contributed by atoms with Crippen LogP contribution in [-0.4, -0.2) is 35.1 Å². The van der Waals surface area contributed by atoms with Crippen molar-refractivity contribution >= 4 is 17.4 Å². The van der Waals surface area contributed by atoms with Gasteiger partial charge in [0.15, 0.2) is 11.5 Å². The summed E-state index contributed by atoms with van der Waals surface area (Å²) in [6, 6.07) is 19.3. The van der Waals surface area contributed by atoms with Crippen molar-refractivity contribution in [2.45, 2.75) is 33.4 Å². The van der Waals surface area contributed by atoms with Gasteiger partial charge in [-0.1, -0.05) is 55.8 Å². The third-order valence-corrected chi connectivity index (χ3v) is 6.40. The Balaban J connectivity index is 1.53. The number of hydrogen-bond acceptors (Lipinski definition) is 6. The van der Waals surface area contributed by atoms with Crippen molar-refractivity contribution < 1.29 is 28.9 Å². The van der Waals surface area contributed by atoms with Gasteiger partial charge in [-0.15, -0.1) is 0 Å². The van der Waals surface area contributed by atoms with Gasteiger partial charge in [-0.3, -0.25) is 9.59 Å². The Kier molecular flexibility index (Phi) is 6.61. The first-order valence-electron chi connectivity index (χ1n) is 12.3. The van der Waals surface area contributed by atoms with Gasteiger partial charge in [0.2, 0.25) is 6.79 Å². The molecule has 2 aliphatic rings. The number of aryl methyl sites for hydroxylation is 1. The Morgan fingerprint density at radius 2 is 1.78 bits per heavy atom. The van der Waals surface area contributed by atoms with E-state index >= 15 is 0 Å². The number of ketones is 1. The van der Waals surface area contributed by atoms with Gasteiger partial charge in [0, 0.05) is 12.1 Å². The second-order valence-corrected chi connectivity index (χ2v) is 9.76. The van der Waals surface area contributed by atoms with Gasteiger partial charge in [0.25, 0.3) is 11.7 Å². The van der Waals surface area contributed by atoms with E-state index in [1.165, 1.54) is 4.90 Å². The van der Waals surface area contributed by atoms with Gasteiger partial charge in [-0.05, 0) is 54.3 Å². The molecule has 1 saturated heterocycles. The van der Waals surface area contributed by atoms with E-state index in [1.807, 2.05) is 55.5 Å². The molecule has 190 valence electrons. The van der Waals surface area contributed by atoms with Crippen molar-refractivity contribution in [3.63, 3.8) is 0 Å². The molecular weight excluding hydrogens is 470 g/mol. The number of hydrogen-bond donors (Lipinski definition) is 1. The summed E-state index contributed by atoms with van der Waals surface area (Å²) >= 11 is 0. The number of carbonyl (C=O) groups is 2. The lowest BCUT2D eigenvalue weighted by atomic mass is 9.94. The number of aliphatic hydroxyl groups excluding tert-OH is 1. The van der Waals surface area contributed by atoms with Crippen molar-refractivity contribution in [3.05, 3.63) is 94.6 Å². The van der Waals surface area contributed by atoms with Crippen molar-refractivity contribution in [2.75, 3.05) is 13.4 Å². The molecule has 0 spiro atoms. The standard InChI is InChI=1S/C30H29NO6/c1-18(2)16-35-23-10-7-20(8-11-23)15-31-27(21-6-4-5-19(3)13-21)26(29(33)30(31)34)28(32)22-9-12-24-25(14-22)37-17-36-24/h4-14,18,27,32H,15-17H2,1-3H3/b28-26-. The number of nitrogens with zero attached hydrogens (tertiary/aromatic N) is 1. The monoisotopic (exact) mass is 499 g/mol. The molecule has 1 atom stereocenters. The number of ether oxygens (including phenoxy) is 3. The molecule has 2 heterocycles. The first-order chi connectivity index (χ1) is 17.8. The molecular formula is C30H29NO6. The predicted molar refractivity (Wildman–Crippen MR) is 138 cm³/mol. The highest BCUT2D eigenvalue weighted by molar-refractivity contribution is 6.46. The number of aliphatic hydroxyl groups is 1. The number of carbonyl (C=O) groups excluding carboxylic acids is 2. The first-order valence-corrected chi connectivity index (χ1v) is 12.3. The molecule has 0 bridgehead atoms. The fraction of sp³-hybridized carbons (Fsp3) is 0.267.